The van der Waals surface area contributed by atoms with Gasteiger partial charge < -0.3 is 15.2 Å². The molecule has 3 rings (SSSR count). The predicted octanol–water partition coefficient (Wildman–Crippen LogP) is 2.91. The van der Waals surface area contributed by atoms with Crippen molar-refractivity contribution in [1.29, 1.82) is 0 Å². The number of aromatic nitrogens is 5. The summed E-state index contributed by atoms with van der Waals surface area (Å²) in [6.45, 7) is 4.33. The van der Waals surface area contributed by atoms with Gasteiger partial charge in [0.25, 0.3) is 0 Å². The zero-order chi connectivity index (χ0) is 19.8. The van der Waals surface area contributed by atoms with Crippen molar-refractivity contribution in [1.82, 2.24) is 25.0 Å². The van der Waals surface area contributed by atoms with Crippen LogP contribution in [-0.4, -0.2) is 42.7 Å². The largest absolute Gasteiger partial charge is 0.482 e. The number of anilines is 1. The summed E-state index contributed by atoms with van der Waals surface area (Å²) in [5, 5.41) is 21.0. The second-order valence-corrected chi connectivity index (χ2v) is 6.55. The second kappa shape index (κ2) is 9.80. The number of benzene rings is 1. The molecule has 2 N–H and O–H groups in total. The van der Waals surface area contributed by atoms with Crippen molar-refractivity contribution >= 4 is 5.82 Å². The van der Waals surface area contributed by atoms with Crippen molar-refractivity contribution in [2.75, 3.05) is 11.9 Å². The summed E-state index contributed by atoms with van der Waals surface area (Å²) in [4.78, 5) is 8.71. The maximum atomic E-state index is 9.29. The Labute approximate surface area is 164 Å². The van der Waals surface area contributed by atoms with Crippen LogP contribution in [0.1, 0.15) is 37.7 Å². The van der Waals surface area contributed by atoms with Gasteiger partial charge in [0.1, 0.15) is 18.1 Å². The van der Waals surface area contributed by atoms with Crippen LogP contribution in [-0.2, 0) is 6.61 Å². The monoisotopic (exact) mass is 382 g/mol. The van der Waals surface area contributed by atoms with Crippen molar-refractivity contribution < 1.29 is 9.84 Å². The van der Waals surface area contributed by atoms with E-state index in [1.165, 1.54) is 0 Å². The van der Waals surface area contributed by atoms with E-state index >= 15 is 0 Å². The zero-order valence-electron chi connectivity index (χ0n) is 16.2. The molecule has 0 radical (unpaired) electrons. The minimum Gasteiger partial charge on any atom is -0.482 e. The highest BCUT2D eigenvalue weighted by molar-refractivity contribution is 5.49. The molecule has 1 atom stereocenters. The Bertz CT molecular complexity index is 862. The third-order valence-corrected chi connectivity index (χ3v) is 4.27. The van der Waals surface area contributed by atoms with E-state index in [4.69, 9.17) is 4.74 Å². The van der Waals surface area contributed by atoms with Crippen LogP contribution >= 0.6 is 0 Å². The van der Waals surface area contributed by atoms with E-state index in [1.807, 2.05) is 43.5 Å². The fourth-order valence-electron chi connectivity index (χ4n) is 2.88. The van der Waals surface area contributed by atoms with Crippen LogP contribution < -0.4 is 10.1 Å². The van der Waals surface area contributed by atoms with Crippen LogP contribution in [0.3, 0.4) is 0 Å². The SMILES string of the molecule is CCCC(CCO)Nc1nc(C)ncc1OCc1cn(-c2ccccc2)nn1. The van der Waals surface area contributed by atoms with Crippen molar-refractivity contribution in [3.05, 3.63) is 54.2 Å². The Kier molecular flexibility index (Phi) is 6.91. The van der Waals surface area contributed by atoms with Gasteiger partial charge in [-0.05, 0) is 31.9 Å². The van der Waals surface area contributed by atoms with Crippen LogP contribution in [0.25, 0.3) is 5.69 Å². The molecule has 1 aromatic carbocycles. The average Bonchev–Trinajstić information content (AvgIpc) is 3.18. The number of ether oxygens (including phenoxy) is 1. The minimum atomic E-state index is 0.126. The molecule has 2 aromatic heterocycles. The molecule has 0 aliphatic carbocycles. The normalized spacial score (nSPS) is 12.0. The summed E-state index contributed by atoms with van der Waals surface area (Å²) in [5.41, 5.74) is 1.64. The van der Waals surface area contributed by atoms with Crippen LogP contribution in [0.2, 0.25) is 0 Å². The summed E-state index contributed by atoms with van der Waals surface area (Å²) < 4.78 is 7.63. The molecular formula is C20H26N6O2. The van der Waals surface area contributed by atoms with Gasteiger partial charge in [-0.2, -0.15) is 0 Å². The molecule has 1 unspecified atom stereocenters. The number of para-hydroxylation sites is 1. The Hall–Kier alpha value is -3.00. The van der Waals surface area contributed by atoms with Crippen molar-refractivity contribution in [3.63, 3.8) is 0 Å². The van der Waals surface area contributed by atoms with Crippen LogP contribution in [0, 0.1) is 6.92 Å². The smallest absolute Gasteiger partial charge is 0.180 e. The van der Waals surface area contributed by atoms with E-state index in [9.17, 15) is 5.11 Å². The molecule has 0 amide bonds. The number of aryl methyl sites for hydroxylation is 1. The number of aliphatic hydroxyl groups is 1. The van der Waals surface area contributed by atoms with Gasteiger partial charge >= 0.3 is 0 Å². The minimum absolute atomic E-state index is 0.126. The lowest BCUT2D eigenvalue weighted by molar-refractivity contribution is 0.275. The maximum Gasteiger partial charge on any atom is 0.180 e. The van der Waals surface area contributed by atoms with Gasteiger partial charge in [-0.15, -0.1) is 5.10 Å². The van der Waals surface area contributed by atoms with Crippen molar-refractivity contribution in [3.8, 4) is 11.4 Å². The van der Waals surface area contributed by atoms with E-state index in [0.29, 0.717) is 29.5 Å². The Balaban J connectivity index is 1.70. The van der Waals surface area contributed by atoms with Gasteiger partial charge in [0.05, 0.1) is 18.1 Å². The summed E-state index contributed by atoms with van der Waals surface area (Å²) in [6.07, 6.45) is 6.11. The lowest BCUT2D eigenvalue weighted by Crippen LogP contribution is -2.22. The lowest BCUT2D eigenvalue weighted by atomic mass is 10.1. The Morgan fingerprint density at radius 1 is 1.21 bits per heavy atom. The third-order valence-electron chi connectivity index (χ3n) is 4.27. The van der Waals surface area contributed by atoms with Gasteiger partial charge in [-0.1, -0.05) is 36.8 Å². The summed E-state index contributed by atoms with van der Waals surface area (Å²) >= 11 is 0. The molecule has 0 fully saturated rings. The van der Waals surface area contributed by atoms with Crippen molar-refractivity contribution in [2.45, 2.75) is 45.8 Å². The predicted molar refractivity (Wildman–Crippen MR) is 106 cm³/mol. The number of rotatable bonds is 10. The first-order valence-corrected chi connectivity index (χ1v) is 9.50. The second-order valence-electron chi connectivity index (χ2n) is 6.55. The third kappa shape index (κ3) is 5.26. The van der Waals surface area contributed by atoms with Gasteiger partial charge in [0, 0.05) is 12.6 Å². The highest BCUT2D eigenvalue weighted by atomic mass is 16.5. The number of hydrogen-bond acceptors (Lipinski definition) is 7. The molecule has 0 saturated carbocycles. The molecule has 148 valence electrons. The first kappa shape index (κ1) is 19.8. The number of nitrogens with one attached hydrogen (secondary N) is 1. The quantitative estimate of drug-likeness (QED) is 0.556. The van der Waals surface area contributed by atoms with Gasteiger partial charge in [0.15, 0.2) is 11.6 Å². The van der Waals surface area contributed by atoms with E-state index in [-0.39, 0.29) is 19.3 Å². The first-order valence-electron chi connectivity index (χ1n) is 9.50. The summed E-state index contributed by atoms with van der Waals surface area (Å²) in [7, 11) is 0. The molecular weight excluding hydrogens is 356 g/mol. The van der Waals surface area contributed by atoms with Crippen LogP contribution in [0.15, 0.2) is 42.7 Å². The molecule has 0 spiro atoms. The van der Waals surface area contributed by atoms with Crippen LogP contribution in [0.4, 0.5) is 5.82 Å². The molecule has 0 aliphatic rings. The van der Waals surface area contributed by atoms with Gasteiger partial charge in [-0.3, -0.25) is 0 Å². The van der Waals surface area contributed by atoms with E-state index in [1.54, 1.807) is 10.9 Å². The first-order chi connectivity index (χ1) is 13.7. The van der Waals surface area contributed by atoms with E-state index in [0.717, 1.165) is 18.5 Å². The average molecular weight is 382 g/mol. The van der Waals surface area contributed by atoms with E-state index in [2.05, 4.69) is 32.5 Å². The van der Waals surface area contributed by atoms with Gasteiger partial charge in [0.2, 0.25) is 0 Å². The van der Waals surface area contributed by atoms with E-state index < -0.39 is 0 Å². The standard InChI is InChI=1S/C20H26N6O2/c1-3-7-16(10-11-27)23-20-19(12-21-15(2)22-20)28-14-17-13-26(25-24-17)18-8-5-4-6-9-18/h4-6,8-9,12-13,16,27H,3,7,10-11,14H2,1-2H3,(H,21,22,23). The fraction of sp³-hybridized carbons (Fsp3) is 0.400. The van der Waals surface area contributed by atoms with Gasteiger partial charge in [-0.25, -0.2) is 14.6 Å². The fourth-order valence-corrected chi connectivity index (χ4v) is 2.88. The summed E-state index contributed by atoms with van der Waals surface area (Å²) in [6, 6.07) is 9.92. The number of aliphatic hydroxyl groups excluding tert-OH is 1. The molecule has 3 aromatic rings. The zero-order valence-corrected chi connectivity index (χ0v) is 16.2. The molecule has 8 heteroatoms. The highest BCUT2D eigenvalue weighted by Crippen LogP contribution is 2.24. The number of nitrogens with zero attached hydrogens (tertiary/aromatic N) is 5. The molecule has 2 heterocycles. The van der Waals surface area contributed by atoms with Crippen molar-refractivity contribution in [2.24, 2.45) is 0 Å². The van der Waals surface area contributed by atoms with Crippen LogP contribution in [0.5, 0.6) is 5.75 Å². The molecule has 28 heavy (non-hydrogen) atoms. The Morgan fingerprint density at radius 3 is 2.79 bits per heavy atom. The molecule has 8 nitrogen and oxygen atoms in total. The Morgan fingerprint density at radius 2 is 2.04 bits per heavy atom. The summed E-state index contributed by atoms with van der Waals surface area (Å²) in [5.74, 6) is 1.85. The molecule has 0 aliphatic heterocycles. The topological polar surface area (TPSA) is 98.0 Å². The lowest BCUT2D eigenvalue weighted by Gasteiger charge is -2.19. The maximum absolute atomic E-state index is 9.29. The highest BCUT2D eigenvalue weighted by Gasteiger charge is 2.14. The molecule has 0 bridgehead atoms. The molecule has 0 saturated heterocycles. The number of hydrogen-bond donors (Lipinski definition) is 2.